The SMILES string of the molecule is CCCCC\C=C/C=C\C=C/C=C\CCCCCCCC(=O)OCC(COC(=O)CCCCCCCCCCC)OC(=O)CCCCC/C=C\C=C/CCCCCCCCC. The van der Waals surface area contributed by atoms with E-state index in [-0.39, 0.29) is 31.1 Å². The zero-order valence-corrected chi connectivity index (χ0v) is 39.9. The van der Waals surface area contributed by atoms with E-state index in [0.717, 1.165) is 96.3 Å². The highest BCUT2D eigenvalue weighted by Crippen LogP contribution is 2.13. The van der Waals surface area contributed by atoms with Crippen molar-refractivity contribution in [3.63, 3.8) is 0 Å². The van der Waals surface area contributed by atoms with Crippen molar-refractivity contribution in [1.82, 2.24) is 0 Å². The number of hydrogen-bond donors (Lipinski definition) is 0. The Morgan fingerprint density at radius 1 is 0.328 bits per heavy atom. The summed E-state index contributed by atoms with van der Waals surface area (Å²) in [4.78, 5) is 37.9. The van der Waals surface area contributed by atoms with Gasteiger partial charge in [0.2, 0.25) is 0 Å². The lowest BCUT2D eigenvalue weighted by atomic mass is 10.1. The second-order valence-electron chi connectivity index (χ2n) is 16.9. The van der Waals surface area contributed by atoms with Gasteiger partial charge in [-0.3, -0.25) is 14.4 Å². The minimum absolute atomic E-state index is 0.0932. The van der Waals surface area contributed by atoms with E-state index in [1.165, 1.54) is 103 Å². The zero-order chi connectivity index (χ0) is 44.4. The molecular formula is C55H94O6. The molecule has 0 fully saturated rings. The van der Waals surface area contributed by atoms with Crippen LogP contribution in [0.25, 0.3) is 0 Å². The number of ether oxygens (including phenoxy) is 3. The second kappa shape index (κ2) is 49.5. The highest BCUT2D eigenvalue weighted by atomic mass is 16.6. The summed E-state index contributed by atoms with van der Waals surface area (Å²) >= 11 is 0. The molecule has 0 aromatic rings. The van der Waals surface area contributed by atoms with Crippen molar-refractivity contribution in [3.8, 4) is 0 Å². The number of unbranched alkanes of at least 4 members (excludes halogenated alkanes) is 26. The van der Waals surface area contributed by atoms with Crippen LogP contribution >= 0.6 is 0 Å². The van der Waals surface area contributed by atoms with Crippen LogP contribution in [0.15, 0.2) is 72.9 Å². The first kappa shape index (κ1) is 57.9. The summed E-state index contributed by atoms with van der Waals surface area (Å²) in [5.74, 6) is -0.946. The van der Waals surface area contributed by atoms with Gasteiger partial charge in [-0.15, -0.1) is 0 Å². The Hall–Kier alpha value is -3.15. The summed E-state index contributed by atoms with van der Waals surface area (Å²) in [6.07, 6.45) is 61.7. The van der Waals surface area contributed by atoms with E-state index in [4.69, 9.17) is 14.2 Å². The molecule has 0 aliphatic heterocycles. The summed E-state index contributed by atoms with van der Waals surface area (Å²) in [5, 5.41) is 0. The maximum Gasteiger partial charge on any atom is 0.306 e. The Kier molecular flexibility index (Phi) is 46.9. The van der Waals surface area contributed by atoms with Gasteiger partial charge in [-0.25, -0.2) is 0 Å². The Morgan fingerprint density at radius 2 is 0.590 bits per heavy atom. The van der Waals surface area contributed by atoms with Crippen molar-refractivity contribution < 1.29 is 28.6 Å². The lowest BCUT2D eigenvalue weighted by Gasteiger charge is -2.18. The molecule has 6 nitrogen and oxygen atoms in total. The van der Waals surface area contributed by atoms with Crippen LogP contribution in [0.1, 0.15) is 239 Å². The van der Waals surface area contributed by atoms with E-state index in [0.29, 0.717) is 19.3 Å². The van der Waals surface area contributed by atoms with E-state index < -0.39 is 6.10 Å². The van der Waals surface area contributed by atoms with Crippen LogP contribution in [-0.2, 0) is 28.6 Å². The van der Waals surface area contributed by atoms with Gasteiger partial charge in [0.15, 0.2) is 6.10 Å². The van der Waals surface area contributed by atoms with E-state index in [2.05, 4.69) is 93.7 Å². The van der Waals surface area contributed by atoms with Gasteiger partial charge in [0.25, 0.3) is 0 Å². The van der Waals surface area contributed by atoms with Crippen LogP contribution in [0, 0.1) is 0 Å². The van der Waals surface area contributed by atoms with Crippen molar-refractivity contribution in [2.75, 3.05) is 13.2 Å². The Morgan fingerprint density at radius 3 is 0.984 bits per heavy atom. The average Bonchev–Trinajstić information content (AvgIpc) is 3.26. The molecule has 0 aromatic carbocycles. The fraction of sp³-hybridized carbons (Fsp3) is 0.727. The molecule has 0 rings (SSSR count). The van der Waals surface area contributed by atoms with Crippen LogP contribution in [-0.4, -0.2) is 37.2 Å². The quantitative estimate of drug-likeness (QED) is 0.0263. The number of rotatable bonds is 45. The molecule has 0 bridgehead atoms. The van der Waals surface area contributed by atoms with Crippen LogP contribution in [0.3, 0.4) is 0 Å². The van der Waals surface area contributed by atoms with Crippen molar-refractivity contribution in [2.45, 2.75) is 245 Å². The lowest BCUT2D eigenvalue weighted by Crippen LogP contribution is -2.30. The Bertz CT molecular complexity index is 1160. The molecule has 6 heteroatoms. The first-order valence-electron chi connectivity index (χ1n) is 25.5. The highest BCUT2D eigenvalue weighted by molar-refractivity contribution is 5.71. The summed E-state index contributed by atoms with van der Waals surface area (Å²) < 4.78 is 16.7. The van der Waals surface area contributed by atoms with Crippen LogP contribution in [0.5, 0.6) is 0 Å². The topological polar surface area (TPSA) is 78.9 Å². The van der Waals surface area contributed by atoms with Gasteiger partial charge < -0.3 is 14.2 Å². The number of esters is 3. The molecule has 0 saturated carbocycles. The number of allylic oxidation sites excluding steroid dienone is 12. The van der Waals surface area contributed by atoms with Gasteiger partial charge in [-0.2, -0.15) is 0 Å². The van der Waals surface area contributed by atoms with Gasteiger partial charge in [0, 0.05) is 19.3 Å². The molecule has 0 aliphatic rings. The predicted octanol–water partition coefficient (Wildman–Crippen LogP) is 16.6. The van der Waals surface area contributed by atoms with Gasteiger partial charge in [-0.1, -0.05) is 222 Å². The summed E-state index contributed by atoms with van der Waals surface area (Å²) in [6, 6.07) is 0. The first-order valence-corrected chi connectivity index (χ1v) is 25.5. The predicted molar refractivity (Wildman–Crippen MR) is 261 cm³/mol. The van der Waals surface area contributed by atoms with Crippen molar-refractivity contribution in [1.29, 1.82) is 0 Å². The molecule has 1 unspecified atom stereocenters. The minimum atomic E-state index is -0.796. The number of hydrogen-bond acceptors (Lipinski definition) is 6. The van der Waals surface area contributed by atoms with Gasteiger partial charge in [0.1, 0.15) is 13.2 Å². The van der Waals surface area contributed by atoms with E-state index in [9.17, 15) is 14.4 Å². The lowest BCUT2D eigenvalue weighted by molar-refractivity contribution is -0.167. The zero-order valence-electron chi connectivity index (χ0n) is 39.9. The summed E-state index contributed by atoms with van der Waals surface area (Å²) in [6.45, 7) is 6.53. The number of carbonyl (C=O) groups is 3. The molecule has 0 amide bonds. The molecule has 0 aromatic heterocycles. The normalized spacial score (nSPS) is 12.6. The maximum absolute atomic E-state index is 12.8. The number of carbonyl (C=O) groups excluding carboxylic acids is 3. The van der Waals surface area contributed by atoms with Crippen LogP contribution < -0.4 is 0 Å². The smallest absolute Gasteiger partial charge is 0.306 e. The second-order valence-corrected chi connectivity index (χ2v) is 16.9. The van der Waals surface area contributed by atoms with Gasteiger partial charge >= 0.3 is 17.9 Å². The van der Waals surface area contributed by atoms with Crippen molar-refractivity contribution >= 4 is 17.9 Å². The molecule has 0 spiro atoms. The van der Waals surface area contributed by atoms with E-state index in [1.54, 1.807) is 0 Å². The molecule has 0 N–H and O–H groups in total. The molecule has 1 atom stereocenters. The summed E-state index contributed by atoms with van der Waals surface area (Å²) in [5.41, 5.74) is 0. The molecule has 0 aliphatic carbocycles. The highest BCUT2D eigenvalue weighted by Gasteiger charge is 2.19. The first-order chi connectivity index (χ1) is 30.0. The van der Waals surface area contributed by atoms with E-state index >= 15 is 0 Å². The maximum atomic E-state index is 12.8. The monoisotopic (exact) mass is 851 g/mol. The molecular weight excluding hydrogens is 757 g/mol. The standard InChI is InChI=1S/C55H94O6/c1-4-7-10-13-16-19-21-23-25-27-28-30-31-33-36-39-42-45-48-54(57)60-51-52(50-59-53(56)47-44-41-38-35-18-15-12-9-6-3)61-55(58)49-46-43-40-37-34-32-29-26-24-22-20-17-14-11-8-5-2/h16,19,21,23,25-30,32,34,52H,4-15,17-18,20,22,24,31,33,35-51H2,1-3H3/b19-16-,23-21-,27-25-,29-26-,30-28-,34-32-. The molecule has 0 heterocycles. The van der Waals surface area contributed by atoms with Crippen molar-refractivity contribution in [2.24, 2.45) is 0 Å². The van der Waals surface area contributed by atoms with Crippen molar-refractivity contribution in [3.05, 3.63) is 72.9 Å². The third-order valence-corrected chi connectivity index (χ3v) is 10.8. The molecule has 350 valence electrons. The third kappa shape index (κ3) is 47.7. The van der Waals surface area contributed by atoms with Crippen LogP contribution in [0.4, 0.5) is 0 Å². The van der Waals surface area contributed by atoms with E-state index in [1.807, 2.05) is 0 Å². The largest absolute Gasteiger partial charge is 0.462 e. The van der Waals surface area contributed by atoms with Gasteiger partial charge in [0.05, 0.1) is 0 Å². The fourth-order valence-electron chi connectivity index (χ4n) is 6.91. The average molecular weight is 851 g/mol. The summed E-state index contributed by atoms with van der Waals surface area (Å²) in [7, 11) is 0. The van der Waals surface area contributed by atoms with Gasteiger partial charge in [-0.05, 0) is 70.6 Å². The van der Waals surface area contributed by atoms with Crippen LogP contribution in [0.2, 0.25) is 0 Å². The molecule has 0 radical (unpaired) electrons. The Labute approximate surface area is 376 Å². The Balaban J connectivity index is 4.43. The molecule has 61 heavy (non-hydrogen) atoms. The molecule has 0 saturated heterocycles. The third-order valence-electron chi connectivity index (χ3n) is 10.8. The fourth-order valence-corrected chi connectivity index (χ4v) is 6.91. The minimum Gasteiger partial charge on any atom is -0.462 e.